The molecule has 26 heavy (non-hydrogen) atoms. The molecule has 1 N–H and O–H groups in total. The van der Waals surface area contributed by atoms with Gasteiger partial charge in [-0.3, -0.25) is 9.78 Å². The maximum absolute atomic E-state index is 13.2. The molecule has 1 aromatic heterocycles. The highest BCUT2D eigenvalue weighted by Gasteiger charge is 2.41. The summed E-state index contributed by atoms with van der Waals surface area (Å²) in [6.07, 6.45) is 2.37. The van der Waals surface area contributed by atoms with Crippen molar-refractivity contribution in [3.8, 4) is 0 Å². The molecule has 132 valence electrons. The van der Waals surface area contributed by atoms with E-state index in [1.54, 1.807) is 42.4 Å². The molecule has 0 bridgehead atoms. The van der Waals surface area contributed by atoms with E-state index in [1.165, 1.54) is 0 Å². The van der Waals surface area contributed by atoms with Gasteiger partial charge in [0.05, 0.1) is 0 Å². The first kappa shape index (κ1) is 17.8. The summed E-state index contributed by atoms with van der Waals surface area (Å²) in [5.41, 5.74) is 0.304. The average Bonchev–Trinajstić information content (AvgIpc) is 2.73. The van der Waals surface area contributed by atoms with Gasteiger partial charge in [0, 0.05) is 31.9 Å². The third-order valence-electron chi connectivity index (χ3n) is 4.47. The minimum atomic E-state index is -1.72. The Balaban J connectivity index is 1.88. The number of carbonyl (C=O) groups is 1. The van der Waals surface area contributed by atoms with Crippen LogP contribution in [0, 0.1) is 0 Å². The fraction of sp³-hybridized carbons (Fsp3) is 0.182. The highest BCUT2D eigenvalue weighted by molar-refractivity contribution is 5.90. The average molecular weight is 346 g/mol. The second kappa shape index (κ2) is 7.93. The minimum Gasteiger partial charge on any atom is -0.372 e. The number of aliphatic hydroxyl groups is 1. The SMILES string of the molecule is CN(CCc1ccccn1)C(=O)C(O)(c1ccccc1)c1ccccc1. The van der Waals surface area contributed by atoms with E-state index in [0.29, 0.717) is 24.1 Å². The summed E-state index contributed by atoms with van der Waals surface area (Å²) in [5.74, 6) is -0.356. The molecule has 0 unspecified atom stereocenters. The second-order valence-electron chi connectivity index (χ2n) is 6.24. The molecule has 0 fully saturated rings. The quantitative estimate of drug-likeness (QED) is 0.746. The van der Waals surface area contributed by atoms with E-state index in [9.17, 15) is 9.90 Å². The van der Waals surface area contributed by atoms with E-state index in [-0.39, 0.29) is 5.91 Å². The summed E-state index contributed by atoms with van der Waals surface area (Å²) in [6.45, 7) is 0.470. The van der Waals surface area contributed by atoms with Gasteiger partial charge in [-0.05, 0) is 23.3 Å². The fourth-order valence-electron chi connectivity index (χ4n) is 2.98. The molecule has 4 heteroatoms. The molecule has 1 heterocycles. The van der Waals surface area contributed by atoms with Crippen molar-refractivity contribution in [1.29, 1.82) is 0 Å². The molecule has 0 atom stereocenters. The van der Waals surface area contributed by atoms with Gasteiger partial charge in [-0.15, -0.1) is 0 Å². The van der Waals surface area contributed by atoms with Crippen LogP contribution in [0.3, 0.4) is 0 Å². The van der Waals surface area contributed by atoms with E-state index in [4.69, 9.17) is 0 Å². The van der Waals surface area contributed by atoms with Crippen molar-refractivity contribution in [3.05, 3.63) is 102 Å². The Bertz CT molecular complexity index is 796. The zero-order chi connectivity index (χ0) is 18.4. The molecule has 0 saturated heterocycles. The van der Waals surface area contributed by atoms with Crippen LogP contribution in [0.1, 0.15) is 16.8 Å². The first-order valence-corrected chi connectivity index (χ1v) is 8.61. The number of hydrogen-bond donors (Lipinski definition) is 1. The van der Waals surface area contributed by atoms with Crippen LogP contribution < -0.4 is 0 Å². The van der Waals surface area contributed by atoms with Crippen LogP contribution >= 0.6 is 0 Å². The molecule has 0 radical (unpaired) electrons. The van der Waals surface area contributed by atoms with Crippen LogP contribution in [0.2, 0.25) is 0 Å². The number of pyridine rings is 1. The number of nitrogens with zero attached hydrogens (tertiary/aromatic N) is 2. The third-order valence-corrected chi connectivity index (χ3v) is 4.47. The van der Waals surface area contributed by atoms with Gasteiger partial charge in [0.25, 0.3) is 5.91 Å². The lowest BCUT2D eigenvalue weighted by Gasteiger charge is -2.32. The van der Waals surface area contributed by atoms with Gasteiger partial charge in [0.1, 0.15) is 0 Å². The first-order valence-electron chi connectivity index (χ1n) is 8.61. The topological polar surface area (TPSA) is 53.4 Å². The Morgan fingerprint density at radius 1 is 0.923 bits per heavy atom. The number of rotatable bonds is 6. The highest BCUT2D eigenvalue weighted by Crippen LogP contribution is 2.31. The molecule has 3 rings (SSSR count). The van der Waals surface area contributed by atoms with Crippen molar-refractivity contribution in [2.24, 2.45) is 0 Å². The second-order valence-corrected chi connectivity index (χ2v) is 6.24. The van der Waals surface area contributed by atoms with Gasteiger partial charge in [-0.2, -0.15) is 0 Å². The van der Waals surface area contributed by atoms with Crippen molar-refractivity contribution < 1.29 is 9.90 Å². The van der Waals surface area contributed by atoms with Gasteiger partial charge in [-0.1, -0.05) is 66.7 Å². The Kier molecular flexibility index (Phi) is 5.44. The predicted octanol–water partition coefficient (Wildman–Crippen LogP) is 3.02. The Labute approximate surface area is 153 Å². The van der Waals surface area contributed by atoms with Crippen LogP contribution in [0.25, 0.3) is 0 Å². The lowest BCUT2D eigenvalue weighted by molar-refractivity contribution is -0.146. The van der Waals surface area contributed by atoms with Crippen LogP contribution in [-0.4, -0.2) is 34.5 Å². The van der Waals surface area contributed by atoms with Gasteiger partial charge in [0.15, 0.2) is 5.60 Å². The summed E-state index contributed by atoms with van der Waals surface area (Å²) in [6, 6.07) is 23.8. The van der Waals surface area contributed by atoms with Crippen molar-refractivity contribution in [2.45, 2.75) is 12.0 Å². The molecule has 4 nitrogen and oxygen atoms in total. The predicted molar refractivity (Wildman–Crippen MR) is 101 cm³/mol. The zero-order valence-electron chi connectivity index (χ0n) is 14.7. The standard InChI is InChI=1S/C22H22N2O2/c1-24(17-15-20-14-8-9-16-23-20)21(25)22(26,18-10-4-2-5-11-18)19-12-6-3-7-13-19/h2-14,16,26H,15,17H2,1H3. The smallest absolute Gasteiger partial charge is 0.263 e. The van der Waals surface area contributed by atoms with Gasteiger partial charge < -0.3 is 10.0 Å². The number of amides is 1. The van der Waals surface area contributed by atoms with Crippen molar-refractivity contribution in [1.82, 2.24) is 9.88 Å². The Hall–Kier alpha value is -2.98. The molecule has 0 aliphatic carbocycles. The van der Waals surface area contributed by atoms with Gasteiger partial charge in [0.2, 0.25) is 0 Å². The maximum atomic E-state index is 13.2. The summed E-state index contributed by atoms with van der Waals surface area (Å²) in [4.78, 5) is 19.1. The molecule has 0 aliphatic rings. The van der Waals surface area contributed by atoms with E-state index >= 15 is 0 Å². The van der Waals surface area contributed by atoms with Crippen LogP contribution in [0.4, 0.5) is 0 Å². The normalized spacial score (nSPS) is 11.2. The number of benzene rings is 2. The zero-order valence-corrected chi connectivity index (χ0v) is 14.7. The third kappa shape index (κ3) is 3.65. The summed E-state index contributed by atoms with van der Waals surface area (Å²) in [5, 5.41) is 11.5. The Morgan fingerprint density at radius 2 is 1.46 bits per heavy atom. The molecule has 1 amide bonds. The van der Waals surface area contributed by atoms with Crippen molar-refractivity contribution >= 4 is 5.91 Å². The van der Waals surface area contributed by atoms with Gasteiger partial charge >= 0.3 is 0 Å². The van der Waals surface area contributed by atoms with E-state index < -0.39 is 5.60 Å². The molecular formula is C22H22N2O2. The Morgan fingerprint density at radius 3 is 1.96 bits per heavy atom. The maximum Gasteiger partial charge on any atom is 0.263 e. The summed E-state index contributed by atoms with van der Waals surface area (Å²) in [7, 11) is 1.71. The molecule has 0 aliphatic heterocycles. The summed E-state index contributed by atoms with van der Waals surface area (Å²) < 4.78 is 0. The van der Waals surface area contributed by atoms with E-state index in [1.807, 2.05) is 54.6 Å². The van der Waals surface area contributed by atoms with E-state index in [0.717, 1.165) is 5.69 Å². The van der Waals surface area contributed by atoms with Crippen molar-refractivity contribution in [3.63, 3.8) is 0 Å². The van der Waals surface area contributed by atoms with Crippen LogP contribution in [-0.2, 0) is 16.8 Å². The molecule has 3 aromatic rings. The number of hydrogen-bond acceptors (Lipinski definition) is 3. The molecule has 0 saturated carbocycles. The number of aromatic nitrogens is 1. The number of likely N-dealkylation sites (N-methyl/N-ethyl adjacent to an activating group) is 1. The minimum absolute atomic E-state index is 0.356. The van der Waals surface area contributed by atoms with Gasteiger partial charge in [-0.25, -0.2) is 0 Å². The van der Waals surface area contributed by atoms with Crippen molar-refractivity contribution in [2.75, 3.05) is 13.6 Å². The number of carbonyl (C=O) groups excluding carboxylic acids is 1. The largest absolute Gasteiger partial charge is 0.372 e. The monoisotopic (exact) mass is 346 g/mol. The first-order chi connectivity index (χ1) is 12.6. The molecular weight excluding hydrogens is 324 g/mol. The highest BCUT2D eigenvalue weighted by atomic mass is 16.3. The molecule has 0 spiro atoms. The van der Waals surface area contributed by atoms with Crippen LogP contribution in [0.15, 0.2) is 85.1 Å². The molecule has 2 aromatic carbocycles. The fourth-order valence-corrected chi connectivity index (χ4v) is 2.98. The van der Waals surface area contributed by atoms with Crippen LogP contribution in [0.5, 0.6) is 0 Å². The lowest BCUT2D eigenvalue weighted by Crippen LogP contribution is -2.46. The lowest BCUT2D eigenvalue weighted by atomic mass is 9.85. The summed E-state index contributed by atoms with van der Waals surface area (Å²) >= 11 is 0. The van der Waals surface area contributed by atoms with E-state index in [2.05, 4.69) is 4.98 Å².